The van der Waals surface area contributed by atoms with E-state index >= 15 is 0 Å². The maximum Gasteiger partial charge on any atom is 0.264 e. The minimum absolute atomic E-state index is 0.108. The standard InChI is InChI=1S/C17H19N5OS2/c1-10-13-11(2)19-12(3)20-15(13)25-14(10)16(23)21-5-7-22(8-6-21)17-18-4-9-24-17/h4,9H,5-8H2,1-3H3. The number of anilines is 1. The van der Waals surface area contributed by atoms with E-state index < -0.39 is 0 Å². The molecule has 1 amide bonds. The first-order valence-electron chi connectivity index (χ1n) is 8.22. The van der Waals surface area contributed by atoms with Crippen LogP contribution in [0.5, 0.6) is 0 Å². The summed E-state index contributed by atoms with van der Waals surface area (Å²) in [6.07, 6.45) is 1.82. The minimum atomic E-state index is 0.108. The number of aromatic nitrogens is 3. The van der Waals surface area contributed by atoms with Gasteiger partial charge in [0.25, 0.3) is 5.91 Å². The molecule has 0 saturated carbocycles. The van der Waals surface area contributed by atoms with Crippen LogP contribution in [0.3, 0.4) is 0 Å². The number of rotatable bonds is 2. The fraction of sp³-hybridized carbons (Fsp3) is 0.412. The fourth-order valence-electron chi connectivity index (χ4n) is 3.29. The Balaban J connectivity index is 1.57. The quantitative estimate of drug-likeness (QED) is 0.691. The summed E-state index contributed by atoms with van der Waals surface area (Å²) in [6, 6.07) is 0. The van der Waals surface area contributed by atoms with Gasteiger partial charge in [0.2, 0.25) is 0 Å². The summed E-state index contributed by atoms with van der Waals surface area (Å²) in [5.41, 5.74) is 1.95. The van der Waals surface area contributed by atoms with Gasteiger partial charge in [0.05, 0.1) is 4.88 Å². The molecule has 6 nitrogen and oxygen atoms in total. The van der Waals surface area contributed by atoms with E-state index in [0.29, 0.717) is 0 Å². The molecule has 1 aliphatic rings. The van der Waals surface area contributed by atoms with Gasteiger partial charge in [-0.05, 0) is 26.3 Å². The highest BCUT2D eigenvalue weighted by molar-refractivity contribution is 7.20. The molecule has 0 radical (unpaired) electrons. The van der Waals surface area contributed by atoms with Crippen molar-refractivity contribution in [2.24, 2.45) is 0 Å². The number of hydrogen-bond acceptors (Lipinski definition) is 7. The Labute approximate surface area is 154 Å². The number of amides is 1. The second-order valence-electron chi connectivity index (χ2n) is 6.19. The van der Waals surface area contributed by atoms with E-state index in [1.807, 2.05) is 37.2 Å². The van der Waals surface area contributed by atoms with Crippen molar-refractivity contribution in [1.29, 1.82) is 0 Å². The van der Waals surface area contributed by atoms with Gasteiger partial charge in [0.15, 0.2) is 5.13 Å². The van der Waals surface area contributed by atoms with Crippen molar-refractivity contribution in [3.63, 3.8) is 0 Å². The largest absolute Gasteiger partial charge is 0.345 e. The van der Waals surface area contributed by atoms with Gasteiger partial charge in [0.1, 0.15) is 10.7 Å². The van der Waals surface area contributed by atoms with Crippen molar-refractivity contribution in [2.75, 3.05) is 31.1 Å². The van der Waals surface area contributed by atoms with Crippen molar-refractivity contribution in [3.8, 4) is 0 Å². The van der Waals surface area contributed by atoms with E-state index in [1.54, 1.807) is 11.3 Å². The third-order valence-corrected chi connectivity index (χ3v) is 6.54. The van der Waals surface area contributed by atoms with Gasteiger partial charge in [-0.3, -0.25) is 4.79 Å². The summed E-state index contributed by atoms with van der Waals surface area (Å²) in [5, 5.41) is 4.05. The maximum atomic E-state index is 13.0. The lowest BCUT2D eigenvalue weighted by atomic mass is 10.1. The van der Waals surface area contributed by atoms with Gasteiger partial charge >= 0.3 is 0 Å². The predicted octanol–water partition coefficient (Wildman–Crippen LogP) is 3.04. The summed E-state index contributed by atoms with van der Waals surface area (Å²) in [6.45, 7) is 8.95. The van der Waals surface area contributed by atoms with Gasteiger partial charge in [-0.2, -0.15) is 0 Å². The summed E-state index contributed by atoms with van der Waals surface area (Å²) in [4.78, 5) is 32.2. The van der Waals surface area contributed by atoms with E-state index in [9.17, 15) is 4.79 Å². The van der Waals surface area contributed by atoms with Gasteiger partial charge in [-0.15, -0.1) is 22.7 Å². The second kappa shape index (κ2) is 6.34. The van der Waals surface area contributed by atoms with Crippen LogP contribution in [0.4, 0.5) is 5.13 Å². The second-order valence-corrected chi connectivity index (χ2v) is 8.06. The molecule has 0 aliphatic carbocycles. The summed E-state index contributed by atoms with van der Waals surface area (Å²) in [7, 11) is 0. The highest BCUT2D eigenvalue weighted by atomic mass is 32.1. The van der Waals surface area contributed by atoms with Crippen LogP contribution in [0.1, 0.15) is 26.8 Å². The highest BCUT2D eigenvalue weighted by Gasteiger charge is 2.27. The first kappa shape index (κ1) is 16.4. The van der Waals surface area contributed by atoms with Crippen molar-refractivity contribution in [2.45, 2.75) is 20.8 Å². The molecule has 4 rings (SSSR count). The lowest BCUT2D eigenvalue weighted by molar-refractivity contribution is 0.0751. The van der Waals surface area contributed by atoms with Crippen LogP contribution < -0.4 is 4.90 Å². The first-order valence-corrected chi connectivity index (χ1v) is 9.92. The predicted molar refractivity (Wildman–Crippen MR) is 102 cm³/mol. The molecule has 0 N–H and O–H groups in total. The number of aryl methyl sites for hydroxylation is 3. The lowest BCUT2D eigenvalue weighted by Gasteiger charge is -2.34. The van der Waals surface area contributed by atoms with Crippen molar-refractivity contribution in [3.05, 3.63) is 33.5 Å². The zero-order chi connectivity index (χ0) is 17.6. The molecule has 1 saturated heterocycles. The summed E-state index contributed by atoms with van der Waals surface area (Å²) < 4.78 is 0. The Hall–Kier alpha value is -2.06. The average molecular weight is 374 g/mol. The van der Waals surface area contributed by atoms with E-state index in [-0.39, 0.29) is 5.91 Å². The van der Waals surface area contributed by atoms with Crippen LogP contribution in [0, 0.1) is 20.8 Å². The molecule has 0 aromatic carbocycles. The van der Waals surface area contributed by atoms with E-state index in [0.717, 1.165) is 63.5 Å². The molecule has 25 heavy (non-hydrogen) atoms. The lowest BCUT2D eigenvalue weighted by Crippen LogP contribution is -2.48. The van der Waals surface area contributed by atoms with Gasteiger partial charge in [-0.1, -0.05) is 0 Å². The van der Waals surface area contributed by atoms with Crippen LogP contribution in [0.2, 0.25) is 0 Å². The van der Waals surface area contributed by atoms with Crippen molar-refractivity contribution < 1.29 is 4.79 Å². The van der Waals surface area contributed by atoms with Gasteiger partial charge < -0.3 is 9.80 Å². The number of nitrogens with zero attached hydrogens (tertiary/aromatic N) is 5. The molecule has 0 spiro atoms. The first-order chi connectivity index (χ1) is 12.0. The number of piperazine rings is 1. The number of fused-ring (bicyclic) bond motifs is 1. The monoisotopic (exact) mass is 373 g/mol. The Kier molecular flexibility index (Phi) is 4.16. The number of hydrogen-bond donors (Lipinski definition) is 0. The van der Waals surface area contributed by atoms with E-state index in [1.165, 1.54) is 11.3 Å². The molecule has 1 aliphatic heterocycles. The molecule has 8 heteroatoms. The summed E-state index contributed by atoms with van der Waals surface area (Å²) in [5.74, 6) is 0.860. The van der Waals surface area contributed by atoms with Gasteiger partial charge in [0, 0.05) is 48.8 Å². The maximum absolute atomic E-state index is 13.0. The molecule has 130 valence electrons. The topological polar surface area (TPSA) is 62.2 Å². The highest BCUT2D eigenvalue weighted by Crippen LogP contribution is 2.32. The Morgan fingerprint density at radius 2 is 1.88 bits per heavy atom. The van der Waals surface area contributed by atoms with E-state index in [2.05, 4.69) is 19.9 Å². The normalized spacial score (nSPS) is 15.2. The molecular weight excluding hydrogens is 354 g/mol. The SMILES string of the molecule is Cc1nc(C)c2c(C)c(C(=O)N3CCN(c4nccs4)CC3)sc2n1. The number of carbonyl (C=O) groups excluding carboxylic acids is 1. The van der Waals surface area contributed by atoms with Crippen LogP contribution >= 0.6 is 22.7 Å². The number of carbonyl (C=O) groups is 1. The molecule has 4 heterocycles. The Morgan fingerprint density at radius 1 is 1.12 bits per heavy atom. The molecule has 0 unspecified atom stereocenters. The third-order valence-electron chi connectivity index (χ3n) is 4.53. The van der Waals surface area contributed by atoms with Crippen molar-refractivity contribution in [1.82, 2.24) is 19.9 Å². The Morgan fingerprint density at radius 3 is 2.56 bits per heavy atom. The fourth-order valence-corrected chi connectivity index (χ4v) is 5.24. The molecule has 0 bridgehead atoms. The third kappa shape index (κ3) is 2.89. The average Bonchev–Trinajstić information content (AvgIpc) is 3.23. The molecule has 0 atom stereocenters. The Bertz CT molecular complexity index is 926. The van der Waals surface area contributed by atoms with Crippen LogP contribution in [0.25, 0.3) is 10.2 Å². The smallest absolute Gasteiger partial charge is 0.264 e. The summed E-state index contributed by atoms with van der Waals surface area (Å²) >= 11 is 3.13. The minimum Gasteiger partial charge on any atom is -0.345 e. The van der Waals surface area contributed by atoms with Crippen LogP contribution in [0.15, 0.2) is 11.6 Å². The van der Waals surface area contributed by atoms with Crippen LogP contribution in [-0.2, 0) is 0 Å². The van der Waals surface area contributed by atoms with Gasteiger partial charge in [-0.25, -0.2) is 15.0 Å². The van der Waals surface area contributed by atoms with Crippen molar-refractivity contribution >= 4 is 43.9 Å². The van der Waals surface area contributed by atoms with Crippen LogP contribution in [-0.4, -0.2) is 51.9 Å². The molecule has 1 fully saturated rings. The number of thiazole rings is 1. The molecular formula is C17H19N5OS2. The molecule has 3 aromatic heterocycles. The zero-order valence-corrected chi connectivity index (χ0v) is 16.1. The zero-order valence-electron chi connectivity index (χ0n) is 14.4. The van der Waals surface area contributed by atoms with E-state index in [4.69, 9.17) is 0 Å². The molecule has 3 aromatic rings. The number of thiophene rings is 1.